The van der Waals surface area contributed by atoms with Gasteiger partial charge in [0.2, 0.25) is 0 Å². The molecule has 1 fully saturated rings. The number of aryl methyl sites for hydroxylation is 2. The molecule has 0 unspecified atom stereocenters. The Morgan fingerprint density at radius 2 is 1.96 bits per heavy atom. The third-order valence-electron chi connectivity index (χ3n) is 4.88. The molecule has 0 aromatic carbocycles. The van der Waals surface area contributed by atoms with E-state index in [2.05, 4.69) is 42.1 Å². The van der Waals surface area contributed by atoms with Crippen LogP contribution in [0.4, 0.5) is 10.9 Å². The lowest BCUT2D eigenvalue weighted by Gasteiger charge is -2.31. The SMILES string of the molecule is Cc1nc(Nc2nccnc2C2CCN(Cc3ncc[nH]3)CC2)sc1C. The van der Waals surface area contributed by atoms with Crippen LogP contribution in [0.25, 0.3) is 0 Å². The Morgan fingerprint density at radius 3 is 2.65 bits per heavy atom. The second-order valence-electron chi connectivity index (χ2n) is 6.66. The molecule has 1 aliphatic heterocycles. The van der Waals surface area contributed by atoms with Crippen LogP contribution in [-0.4, -0.2) is 42.9 Å². The van der Waals surface area contributed by atoms with Gasteiger partial charge in [0.25, 0.3) is 0 Å². The average Bonchev–Trinajstić information content (AvgIpc) is 3.26. The van der Waals surface area contributed by atoms with Gasteiger partial charge in [0.05, 0.1) is 17.9 Å². The van der Waals surface area contributed by atoms with E-state index in [1.165, 1.54) is 4.88 Å². The number of likely N-dealkylation sites (tertiary alicyclic amines) is 1. The first-order valence-corrected chi connectivity index (χ1v) is 9.73. The van der Waals surface area contributed by atoms with Crippen molar-refractivity contribution in [2.75, 3.05) is 18.4 Å². The number of anilines is 2. The van der Waals surface area contributed by atoms with Crippen LogP contribution >= 0.6 is 11.3 Å². The fraction of sp³-hybridized carbons (Fsp3) is 0.444. The molecule has 1 aliphatic rings. The molecule has 4 rings (SSSR count). The number of piperidine rings is 1. The quantitative estimate of drug-likeness (QED) is 0.717. The number of nitrogens with one attached hydrogen (secondary N) is 2. The summed E-state index contributed by atoms with van der Waals surface area (Å²) in [7, 11) is 0. The van der Waals surface area contributed by atoms with E-state index in [9.17, 15) is 0 Å². The molecule has 0 atom stereocenters. The van der Waals surface area contributed by atoms with Crippen LogP contribution in [0.5, 0.6) is 0 Å². The molecule has 8 heteroatoms. The molecule has 3 aromatic heterocycles. The van der Waals surface area contributed by atoms with Crippen LogP contribution in [0.15, 0.2) is 24.8 Å². The van der Waals surface area contributed by atoms with Crippen molar-refractivity contribution in [3.8, 4) is 0 Å². The second-order valence-corrected chi connectivity index (χ2v) is 7.87. The van der Waals surface area contributed by atoms with Crippen molar-refractivity contribution in [3.63, 3.8) is 0 Å². The highest BCUT2D eigenvalue weighted by molar-refractivity contribution is 7.15. The Hall–Kier alpha value is -2.32. The summed E-state index contributed by atoms with van der Waals surface area (Å²) in [4.78, 5) is 24.9. The van der Waals surface area contributed by atoms with E-state index >= 15 is 0 Å². The zero-order valence-electron chi connectivity index (χ0n) is 15.1. The molecular weight excluding hydrogens is 346 g/mol. The number of aromatic nitrogens is 5. The van der Waals surface area contributed by atoms with Crippen LogP contribution in [0.2, 0.25) is 0 Å². The van der Waals surface area contributed by atoms with Crippen molar-refractivity contribution in [3.05, 3.63) is 46.9 Å². The number of aromatic amines is 1. The van der Waals surface area contributed by atoms with Gasteiger partial charge in [0, 0.05) is 35.6 Å². The molecule has 4 heterocycles. The lowest BCUT2D eigenvalue weighted by atomic mass is 9.93. The molecule has 3 aromatic rings. The van der Waals surface area contributed by atoms with Gasteiger partial charge in [-0.1, -0.05) is 0 Å². The van der Waals surface area contributed by atoms with Crippen molar-refractivity contribution in [2.24, 2.45) is 0 Å². The number of hydrogen-bond acceptors (Lipinski definition) is 7. The van der Waals surface area contributed by atoms with Crippen LogP contribution in [0.1, 0.15) is 40.8 Å². The lowest BCUT2D eigenvalue weighted by molar-refractivity contribution is 0.199. The fourth-order valence-electron chi connectivity index (χ4n) is 3.33. The van der Waals surface area contributed by atoms with Gasteiger partial charge < -0.3 is 10.3 Å². The average molecular weight is 369 g/mol. The van der Waals surface area contributed by atoms with E-state index < -0.39 is 0 Å². The topological polar surface area (TPSA) is 82.6 Å². The summed E-state index contributed by atoms with van der Waals surface area (Å²) < 4.78 is 0. The van der Waals surface area contributed by atoms with Gasteiger partial charge in [-0.3, -0.25) is 9.88 Å². The van der Waals surface area contributed by atoms with Gasteiger partial charge in [-0.05, 0) is 39.8 Å². The molecule has 0 amide bonds. The van der Waals surface area contributed by atoms with Crippen molar-refractivity contribution >= 4 is 22.3 Å². The van der Waals surface area contributed by atoms with E-state index in [1.807, 2.05) is 19.3 Å². The molecule has 0 aliphatic carbocycles. The van der Waals surface area contributed by atoms with E-state index in [1.54, 1.807) is 23.7 Å². The second kappa shape index (κ2) is 7.51. The third-order valence-corrected chi connectivity index (χ3v) is 5.87. The summed E-state index contributed by atoms with van der Waals surface area (Å²) in [6.45, 7) is 7.07. The normalized spacial score (nSPS) is 16.1. The molecule has 26 heavy (non-hydrogen) atoms. The van der Waals surface area contributed by atoms with Crippen LogP contribution in [-0.2, 0) is 6.54 Å². The van der Waals surface area contributed by atoms with Gasteiger partial charge in [0.15, 0.2) is 10.9 Å². The highest BCUT2D eigenvalue weighted by atomic mass is 32.1. The maximum absolute atomic E-state index is 4.64. The molecule has 0 saturated carbocycles. The van der Waals surface area contributed by atoms with E-state index in [-0.39, 0.29) is 0 Å². The van der Waals surface area contributed by atoms with Gasteiger partial charge >= 0.3 is 0 Å². The van der Waals surface area contributed by atoms with E-state index in [0.29, 0.717) is 5.92 Å². The van der Waals surface area contributed by atoms with Gasteiger partial charge in [-0.25, -0.2) is 15.0 Å². The predicted molar refractivity (Wildman–Crippen MR) is 103 cm³/mol. The minimum absolute atomic E-state index is 0.418. The summed E-state index contributed by atoms with van der Waals surface area (Å²) in [5.74, 6) is 2.28. The van der Waals surface area contributed by atoms with Gasteiger partial charge in [0.1, 0.15) is 5.82 Å². The Labute approximate surface area is 156 Å². The Morgan fingerprint density at radius 1 is 1.15 bits per heavy atom. The van der Waals surface area contributed by atoms with Crippen LogP contribution < -0.4 is 5.32 Å². The van der Waals surface area contributed by atoms with Crippen molar-refractivity contribution in [1.29, 1.82) is 0 Å². The zero-order valence-corrected chi connectivity index (χ0v) is 15.9. The standard InChI is InChI=1S/C18H23N7S/c1-12-13(2)26-18(23-12)24-17-16(21-7-8-22-17)14-3-9-25(10-4-14)11-15-19-5-6-20-15/h5-8,14H,3-4,9-11H2,1-2H3,(H,19,20)(H,22,23,24). The van der Waals surface area contributed by atoms with Gasteiger partial charge in [-0.15, -0.1) is 11.3 Å². The summed E-state index contributed by atoms with van der Waals surface area (Å²) in [6.07, 6.45) is 9.36. The Bertz CT molecular complexity index is 831. The summed E-state index contributed by atoms with van der Waals surface area (Å²) in [5.41, 5.74) is 2.12. The van der Waals surface area contributed by atoms with Crippen molar-refractivity contribution in [2.45, 2.75) is 39.2 Å². The zero-order chi connectivity index (χ0) is 17.9. The monoisotopic (exact) mass is 369 g/mol. The molecular formula is C18H23N7S. The first-order valence-electron chi connectivity index (χ1n) is 8.91. The maximum Gasteiger partial charge on any atom is 0.188 e. The van der Waals surface area contributed by atoms with Gasteiger partial charge in [-0.2, -0.15) is 0 Å². The third kappa shape index (κ3) is 3.76. The van der Waals surface area contributed by atoms with Crippen LogP contribution in [0, 0.1) is 13.8 Å². The van der Waals surface area contributed by atoms with Crippen molar-refractivity contribution in [1.82, 2.24) is 29.8 Å². The van der Waals surface area contributed by atoms with Crippen LogP contribution in [0.3, 0.4) is 0 Å². The number of hydrogen-bond donors (Lipinski definition) is 2. The number of thiazole rings is 1. The minimum atomic E-state index is 0.418. The smallest absolute Gasteiger partial charge is 0.188 e. The summed E-state index contributed by atoms with van der Waals surface area (Å²) >= 11 is 1.66. The first kappa shape index (κ1) is 17.1. The minimum Gasteiger partial charge on any atom is -0.348 e. The molecule has 0 spiro atoms. The number of imidazole rings is 1. The maximum atomic E-state index is 4.64. The molecule has 136 valence electrons. The van der Waals surface area contributed by atoms with Crippen molar-refractivity contribution < 1.29 is 0 Å². The summed E-state index contributed by atoms with van der Waals surface area (Å²) in [6, 6.07) is 0. The molecule has 0 bridgehead atoms. The summed E-state index contributed by atoms with van der Waals surface area (Å²) in [5, 5.41) is 4.27. The largest absolute Gasteiger partial charge is 0.348 e. The van der Waals surface area contributed by atoms with E-state index in [0.717, 1.165) is 60.6 Å². The Kier molecular flexibility index (Phi) is 4.94. The lowest BCUT2D eigenvalue weighted by Crippen LogP contribution is -2.33. The van der Waals surface area contributed by atoms with E-state index in [4.69, 9.17) is 0 Å². The number of nitrogens with zero attached hydrogens (tertiary/aromatic N) is 5. The highest BCUT2D eigenvalue weighted by Gasteiger charge is 2.25. The molecule has 1 saturated heterocycles. The molecule has 0 radical (unpaired) electrons. The highest BCUT2D eigenvalue weighted by Crippen LogP contribution is 2.33. The molecule has 2 N–H and O–H groups in total. The number of H-pyrrole nitrogens is 1. The fourth-order valence-corrected chi connectivity index (χ4v) is 4.15. The Balaban J connectivity index is 1.43. The molecule has 7 nitrogen and oxygen atoms in total. The first-order chi connectivity index (χ1) is 12.7. The number of rotatable bonds is 5. The predicted octanol–water partition coefficient (Wildman–Crippen LogP) is 3.40.